The van der Waals surface area contributed by atoms with Crippen LogP contribution < -0.4 is 5.32 Å². The molecule has 118 valence electrons. The van der Waals surface area contributed by atoms with Crippen molar-refractivity contribution in [2.75, 3.05) is 6.54 Å². The van der Waals surface area contributed by atoms with Crippen LogP contribution in [0.2, 0.25) is 0 Å². The van der Waals surface area contributed by atoms with Gasteiger partial charge < -0.3 is 9.88 Å². The molecule has 1 aliphatic heterocycles. The zero-order chi connectivity index (χ0) is 16.5. The number of amides is 1. The van der Waals surface area contributed by atoms with Crippen LogP contribution in [-0.4, -0.2) is 22.0 Å². The Bertz CT molecular complexity index is 982. The average molecular weight is 318 g/mol. The van der Waals surface area contributed by atoms with E-state index in [-0.39, 0.29) is 5.91 Å². The van der Waals surface area contributed by atoms with E-state index in [0.717, 1.165) is 28.0 Å². The number of nitrogens with one attached hydrogen (secondary N) is 1. The lowest BCUT2D eigenvalue weighted by atomic mass is 10.1. The monoisotopic (exact) mass is 318 g/mol. The van der Waals surface area contributed by atoms with Crippen molar-refractivity contribution in [1.29, 1.82) is 0 Å². The molecule has 7 nitrogen and oxygen atoms in total. The summed E-state index contributed by atoms with van der Waals surface area (Å²) in [6.45, 7) is 1.58. The highest BCUT2D eigenvalue weighted by Crippen LogP contribution is 2.28. The predicted octanol–water partition coefficient (Wildman–Crippen LogP) is 3.26. The Morgan fingerprint density at radius 3 is 2.88 bits per heavy atom. The molecule has 3 aromatic rings. The minimum absolute atomic E-state index is 0.0597. The highest BCUT2D eigenvalue weighted by Gasteiger charge is 2.21. The van der Waals surface area contributed by atoms with E-state index in [2.05, 4.69) is 19.9 Å². The van der Waals surface area contributed by atoms with Gasteiger partial charge in [0.2, 0.25) is 0 Å². The molecule has 0 aliphatic carbocycles. The van der Waals surface area contributed by atoms with Gasteiger partial charge in [0, 0.05) is 23.6 Å². The lowest BCUT2D eigenvalue weighted by molar-refractivity contribution is 0.0956. The maximum atomic E-state index is 12.2. The van der Waals surface area contributed by atoms with Crippen LogP contribution in [0.5, 0.6) is 0 Å². The van der Waals surface area contributed by atoms with Crippen molar-refractivity contribution in [2.45, 2.75) is 13.1 Å². The molecule has 0 radical (unpaired) electrons. The van der Waals surface area contributed by atoms with Gasteiger partial charge in [-0.1, -0.05) is 35.4 Å². The van der Waals surface area contributed by atoms with E-state index in [1.54, 1.807) is 0 Å². The van der Waals surface area contributed by atoms with Crippen LogP contribution in [0.3, 0.4) is 0 Å². The summed E-state index contributed by atoms with van der Waals surface area (Å²) < 4.78 is 2.09. The summed E-state index contributed by atoms with van der Waals surface area (Å²) in [6.07, 6.45) is 0. The van der Waals surface area contributed by atoms with Gasteiger partial charge in [0.15, 0.2) is 0 Å². The van der Waals surface area contributed by atoms with Gasteiger partial charge in [0.1, 0.15) is 5.82 Å². The molecule has 0 atom stereocenters. The van der Waals surface area contributed by atoms with Crippen LogP contribution in [0.1, 0.15) is 15.9 Å². The Kier molecular flexibility index (Phi) is 3.40. The minimum Gasteiger partial charge on any atom is -0.350 e. The third-order valence-corrected chi connectivity index (χ3v) is 4.16. The fourth-order valence-electron chi connectivity index (χ4n) is 3.06. The quantitative estimate of drug-likeness (QED) is 0.456. The topological polar surface area (TPSA) is 95.7 Å². The molecular weight excluding hydrogens is 304 g/mol. The Labute approximate surface area is 137 Å². The SMILES string of the molecule is [N-]=[N+]=NCc1ccc(-c2nc3cccc4c3n2CCNC4=O)cc1. The third kappa shape index (κ3) is 2.28. The normalized spacial score (nSPS) is 13.2. The van der Waals surface area contributed by atoms with Crippen molar-refractivity contribution in [3.05, 3.63) is 64.0 Å². The number of azide groups is 1. The van der Waals surface area contributed by atoms with Crippen LogP contribution in [0.4, 0.5) is 0 Å². The van der Waals surface area contributed by atoms with Gasteiger partial charge >= 0.3 is 0 Å². The van der Waals surface area contributed by atoms with Crippen molar-refractivity contribution in [3.8, 4) is 11.4 Å². The number of hydrogen-bond donors (Lipinski definition) is 1. The Hall–Kier alpha value is -3.31. The second kappa shape index (κ2) is 5.72. The molecule has 0 unspecified atom stereocenters. The summed E-state index contributed by atoms with van der Waals surface area (Å²) >= 11 is 0. The fraction of sp³-hybridized carbons (Fsp3) is 0.176. The van der Waals surface area contributed by atoms with Crippen LogP contribution in [0.15, 0.2) is 47.6 Å². The largest absolute Gasteiger partial charge is 0.350 e. The summed E-state index contributed by atoms with van der Waals surface area (Å²) in [6, 6.07) is 13.4. The van der Waals surface area contributed by atoms with E-state index in [4.69, 9.17) is 10.5 Å². The van der Waals surface area contributed by atoms with E-state index in [1.165, 1.54) is 0 Å². The zero-order valence-corrected chi connectivity index (χ0v) is 12.8. The summed E-state index contributed by atoms with van der Waals surface area (Å²) in [5.74, 6) is 0.778. The van der Waals surface area contributed by atoms with Gasteiger partial charge in [-0.05, 0) is 23.2 Å². The molecule has 4 rings (SSSR count). The Morgan fingerprint density at radius 2 is 2.08 bits per heavy atom. The maximum Gasteiger partial charge on any atom is 0.253 e. The van der Waals surface area contributed by atoms with Gasteiger partial charge in [-0.15, -0.1) is 0 Å². The smallest absolute Gasteiger partial charge is 0.253 e. The maximum absolute atomic E-state index is 12.2. The number of para-hydroxylation sites is 1. The first-order valence-electron chi connectivity index (χ1n) is 7.65. The highest BCUT2D eigenvalue weighted by atomic mass is 16.1. The number of rotatable bonds is 3. The van der Waals surface area contributed by atoms with Crippen LogP contribution in [-0.2, 0) is 13.1 Å². The standard InChI is InChI=1S/C17H14N6O/c18-22-20-10-11-4-6-12(7-5-11)16-21-14-3-1-2-13-15(14)23(16)9-8-19-17(13)24/h1-7H,8-10H2,(H,19,24). The molecule has 0 fully saturated rings. The first-order valence-corrected chi connectivity index (χ1v) is 7.65. The van der Waals surface area contributed by atoms with Crippen molar-refractivity contribution < 1.29 is 4.79 Å². The second-order valence-electron chi connectivity index (χ2n) is 5.60. The number of benzene rings is 2. The Morgan fingerprint density at radius 1 is 1.25 bits per heavy atom. The fourth-order valence-corrected chi connectivity index (χ4v) is 3.06. The van der Waals surface area contributed by atoms with Crippen molar-refractivity contribution in [1.82, 2.24) is 14.9 Å². The van der Waals surface area contributed by atoms with Crippen molar-refractivity contribution in [2.24, 2.45) is 5.11 Å². The van der Waals surface area contributed by atoms with E-state index in [1.807, 2.05) is 42.5 Å². The molecule has 24 heavy (non-hydrogen) atoms. The number of hydrogen-bond acceptors (Lipinski definition) is 3. The molecule has 7 heteroatoms. The molecule has 0 spiro atoms. The van der Waals surface area contributed by atoms with Crippen molar-refractivity contribution >= 4 is 16.9 Å². The van der Waals surface area contributed by atoms with Crippen LogP contribution in [0.25, 0.3) is 32.9 Å². The summed E-state index contributed by atoms with van der Waals surface area (Å²) in [7, 11) is 0. The molecule has 2 aromatic carbocycles. The average Bonchev–Trinajstić information content (AvgIpc) is 2.90. The minimum atomic E-state index is -0.0597. The van der Waals surface area contributed by atoms with Crippen molar-refractivity contribution in [3.63, 3.8) is 0 Å². The van der Waals surface area contributed by atoms with E-state index in [9.17, 15) is 4.79 Å². The molecule has 1 aromatic heterocycles. The third-order valence-electron chi connectivity index (χ3n) is 4.16. The molecular formula is C17H14N6O. The molecule has 1 N–H and O–H groups in total. The van der Waals surface area contributed by atoms with Gasteiger partial charge in [0.05, 0.1) is 23.1 Å². The number of imidazole rings is 1. The van der Waals surface area contributed by atoms with Crippen LogP contribution >= 0.6 is 0 Å². The molecule has 1 amide bonds. The first-order chi connectivity index (χ1) is 11.8. The summed E-state index contributed by atoms with van der Waals surface area (Å²) in [5.41, 5.74) is 12.7. The lowest BCUT2D eigenvalue weighted by Gasteiger charge is -2.07. The number of aromatic nitrogens is 2. The summed E-state index contributed by atoms with van der Waals surface area (Å²) in [4.78, 5) is 19.7. The van der Waals surface area contributed by atoms with Gasteiger partial charge in [0.25, 0.3) is 5.91 Å². The molecule has 0 saturated heterocycles. The van der Waals surface area contributed by atoms with Gasteiger partial charge in [-0.25, -0.2) is 4.98 Å². The lowest BCUT2D eigenvalue weighted by Crippen LogP contribution is -2.24. The molecule has 2 heterocycles. The second-order valence-corrected chi connectivity index (χ2v) is 5.60. The molecule has 0 bridgehead atoms. The Balaban J connectivity index is 1.85. The summed E-state index contributed by atoms with van der Waals surface area (Å²) in [5, 5.41) is 6.48. The number of carbonyl (C=O) groups excluding carboxylic acids is 1. The van der Waals surface area contributed by atoms with E-state index in [0.29, 0.717) is 25.2 Å². The highest BCUT2D eigenvalue weighted by molar-refractivity contribution is 6.06. The molecule has 0 saturated carbocycles. The van der Waals surface area contributed by atoms with Crippen LogP contribution in [0, 0.1) is 0 Å². The first kappa shape index (κ1) is 14.3. The zero-order valence-electron chi connectivity index (χ0n) is 12.8. The number of nitrogens with zero attached hydrogens (tertiary/aromatic N) is 5. The van der Waals surface area contributed by atoms with Gasteiger partial charge in [-0.2, -0.15) is 0 Å². The predicted molar refractivity (Wildman–Crippen MR) is 90.4 cm³/mol. The van der Waals surface area contributed by atoms with E-state index < -0.39 is 0 Å². The number of carbonyl (C=O) groups is 1. The van der Waals surface area contributed by atoms with Gasteiger partial charge in [-0.3, -0.25) is 4.79 Å². The molecule has 1 aliphatic rings. The van der Waals surface area contributed by atoms with E-state index >= 15 is 0 Å².